The van der Waals surface area contributed by atoms with Gasteiger partial charge >= 0.3 is 0 Å². The quantitative estimate of drug-likeness (QED) is 0.669. The van der Waals surface area contributed by atoms with Crippen molar-refractivity contribution in [2.24, 2.45) is 17.8 Å². The van der Waals surface area contributed by atoms with Crippen LogP contribution in [-0.4, -0.2) is 51.3 Å². The van der Waals surface area contributed by atoms with Crippen molar-refractivity contribution >= 4 is 0 Å². The van der Waals surface area contributed by atoms with Gasteiger partial charge in [0.2, 0.25) is 0 Å². The highest BCUT2D eigenvalue weighted by atomic mass is 16.5. The zero-order chi connectivity index (χ0) is 15.7. The summed E-state index contributed by atoms with van der Waals surface area (Å²) in [7, 11) is 3.95. The molecule has 1 aliphatic rings. The minimum absolute atomic E-state index is 0.704. The van der Waals surface area contributed by atoms with Crippen LogP contribution in [0, 0.1) is 17.8 Å². The molecule has 3 atom stereocenters. The van der Waals surface area contributed by atoms with Crippen LogP contribution in [-0.2, 0) is 4.74 Å². The number of nitrogens with zero attached hydrogens (tertiary/aromatic N) is 1. The molecule has 0 aromatic heterocycles. The predicted molar refractivity (Wildman–Crippen MR) is 91.7 cm³/mol. The van der Waals surface area contributed by atoms with Crippen molar-refractivity contribution in [2.45, 2.75) is 58.9 Å². The van der Waals surface area contributed by atoms with E-state index >= 15 is 0 Å². The number of ether oxygens (including phenoxy) is 1. The third-order valence-corrected chi connectivity index (χ3v) is 4.89. The first-order chi connectivity index (χ1) is 10.1. The molecule has 3 heteroatoms. The number of rotatable bonds is 10. The van der Waals surface area contributed by atoms with Crippen LogP contribution < -0.4 is 5.32 Å². The van der Waals surface area contributed by atoms with Gasteiger partial charge in [-0.15, -0.1) is 0 Å². The second-order valence-electron chi connectivity index (χ2n) is 7.27. The fourth-order valence-electron chi connectivity index (χ4n) is 3.94. The Morgan fingerprint density at radius 1 is 1.29 bits per heavy atom. The molecular formula is C18H38N2O. The highest BCUT2D eigenvalue weighted by molar-refractivity contribution is 4.86. The molecular weight excluding hydrogens is 260 g/mol. The van der Waals surface area contributed by atoms with Crippen LogP contribution >= 0.6 is 0 Å². The molecule has 3 nitrogen and oxygen atoms in total. The summed E-state index contributed by atoms with van der Waals surface area (Å²) in [5.41, 5.74) is 0. The van der Waals surface area contributed by atoms with Crippen molar-refractivity contribution in [3.8, 4) is 0 Å². The van der Waals surface area contributed by atoms with E-state index in [1.54, 1.807) is 0 Å². The van der Waals surface area contributed by atoms with E-state index in [1.807, 2.05) is 7.11 Å². The lowest BCUT2D eigenvalue weighted by Crippen LogP contribution is -2.46. The lowest BCUT2D eigenvalue weighted by molar-refractivity contribution is 0.0994. The minimum atomic E-state index is 0.704. The third-order valence-electron chi connectivity index (χ3n) is 4.89. The molecule has 0 heterocycles. The lowest BCUT2D eigenvalue weighted by Gasteiger charge is -2.39. The van der Waals surface area contributed by atoms with Crippen LogP contribution in [0.2, 0.25) is 0 Å². The number of hydrogen-bond acceptors (Lipinski definition) is 3. The highest BCUT2D eigenvalue weighted by Gasteiger charge is 2.30. The standard InChI is InChI=1S/C18H38N2O/c1-6-7-16-8-9-18(19-4)17(12-16)14-20(10-11-21-5)13-15(2)3/h15-19H,6-14H2,1-5H3. The van der Waals surface area contributed by atoms with Crippen LogP contribution in [0.4, 0.5) is 0 Å². The van der Waals surface area contributed by atoms with E-state index < -0.39 is 0 Å². The zero-order valence-electron chi connectivity index (χ0n) is 15.0. The number of nitrogens with one attached hydrogen (secondary N) is 1. The minimum Gasteiger partial charge on any atom is -0.383 e. The van der Waals surface area contributed by atoms with Crippen LogP contribution in [0.15, 0.2) is 0 Å². The van der Waals surface area contributed by atoms with Crippen molar-refractivity contribution in [1.82, 2.24) is 10.2 Å². The summed E-state index contributed by atoms with van der Waals surface area (Å²) in [5.74, 6) is 2.48. The van der Waals surface area contributed by atoms with E-state index in [2.05, 4.69) is 38.0 Å². The molecule has 0 aromatic carbocycles. The molecule has 0 amide bonds. The zero-order valence-corrected chi connectivity index (χ0v) is 15.0. The van der Waals surface area contributed by atoms with Gasteiger partial charge in [-0.25, -0.2) is 0 Å². The van der Waals surface area contributed by atoms with Gasteiger partial charge in [-0.3, -0.25) is 0 Å². The van der Waals surface area contributed by atoms with Crippen LogP contribution in [0.5, 0.6) is 0 Å². The van der Waals surface area contributed by atoms with Gasteiger partial charge in [-0.2, -0.15) is 0 Å². The SMILES string of the molecule is CCCC1CCC(NC)C(CN(CCOC)CC(C)C)C1. The lowest BCUT2D eigenvalue weighted by atomic mass is 9.76. The monoisotopic (exact) mass is 298 g/mol. The summed E-state index contributed by atoms with van der Waals surface area (Å²) in [6.07, 6.45) is 6.92. The Bertz CT molecular complexity index is 258. The summed E-state index contributed by atoms with van der Waals surface area (Å²) in [6.45, 7) is 11.3. The summed E-state index contributed by atoms with van der Waals surface area (Å²) in [4.78, 5) is 2.62. The van der Waals surface area contributed by atoms with Gasteiger partial charge in [0, 0.05) is 32.8 Å². The smallest absolute Gasteiger partial charge is 0.0589 e. The fraction of sp³-hybridized carbons (Fsp3) is 1.00. The van der Waals surface area contributed by atoms with Crippen molar-refractivity contribution < 1.29 is 4.74 Å². The maximum absolute atomic E-state index is 5.30. The summed E-state index contributed by atoms with van der Waals surface area (Å²) in [6, 6.07) is 0.704. The Morgan fingerprint density at radius 2 is 2.05 bits per heavy atom. The molecule has 1 fully saturated rings. The first kappa shape index (κ1) is 18.9. The molecule has 0 radical (unpaired) electrons. The van der Waals surface area contributed by atoms with E-state index in [0.717, 1.165) is 30.9 Å². The van der Waals surface area contributed by atoms with Gasteiger partial charge in [0.1, 0.15) is 0 Å². The average Bonchev–Trinajstić information content (AvgIpc) is 2.45. The van der Waals surface area contributed by atoms with Crippen molar-refractivity contribution in [3.05, 3.63) is 0 Å². The second-order valence-corrected chi connectivity index (χ2v) is 7.27. The summed E-state index contributed by atoms with van der Waals surface area (Å²) in [5, 5.41) is 3.57. The molecule has 1 aliphatic carbocycles. The molecule has 1 saturated carbocycles. The molecule has 0 spiro atoms. The Balaban J connectivity index is 2.57. The van der Waals surface area contributed by atoms with E-state index in [-0.39, 0.29) is 0 Å². The first-order valence-electron chi connectivity index (χ1n) is 8.99. The maximum Gasteiger partial charge on any atom is 0.0589 e. The van der Waals surface area contributed by atoms with Crippen LogP contribution in [0.25, 0.3) is 0 Å². The molecule has 0 saturated heterocycles. The molecule has 0 aromatic rings. The molecule has 21 heavy (non-hydrogen) atoms. The second kappa shape index (κ2) is 10.6. The number of methoxy groups -OCH3 is 1. The third kappa shape index (κ3) is 7.12. The molecule has 126 valence electrons. The van der Waals surface area contributed by atoms with Crippen LogP contribution in [0.3, 0.4) is 0 Å². The van der Waals surface area contributed by atoms with Crippen LogP contribution in [0.1, 0.15) is 52.9 Å². The van der Waals surface area contributed by atoms with Gasteiger partial charge in [0.05, 0.1) is 6.61 Å². The van der Waals surface area contributed by atoms with Crippen molar-refractivity contribution in [3.63, 3.8) is 0 Å². The first-order valence-corrected chi connectivity index (χ1v) is 8.99. The summed E-state index contributed by atoms with van der Waals surface area (Å²) < 4.78 is 5.30. The van der Waals surface area contributed by atoms with E-state index in [9.17, 15) is 0 Å². The average molecular weight is 299 g/mol. The molecule has 0 aliphatic heterocycles. The Labute approximate surface area is 132 Å². The highest BCUT2D eigenvalue weighted by Crippen LogP contribution is 2.32. The number of hydrogen-bond donors (Lipinski definition) is 1. The Kier molecular flexibility index (Phi) is 9.54. The largest absolute Gasteiger partial charge is 0.383 e. The van der Waals surface area contributed by atoms with E-state index in [0.29, 0.717) is 6.04 Å². The molecule has 1 rings (SSSR count). The molecule has 1 N–H and O–H groups in total. The molecule has 0 bridgehead atoms. The Morgan fingerprint density at radius 3 is 2.62 bits per heavy atom. The fourth-order valence-corrected chi connectivity index (χ4v) is 3.94. The van der Waals surface area contributed by atoms with Crippen molar-refractivity contribution in [2.75, 3.05) is 40.4 Å². The van der Waals surface area contributed by atoms with Gasteiger partial charge in [0.25, 0.3) is 0 Å². The van der Waals surface area contributed by atoms with E-state index in [4.69, 9.17) is 4.74 Å². The van der Waals surface area contributed by atoms with Gasteiger partial charge < -0.3 is 15.0 Å². The topological polar surface area (TPSA) is 24.5 Å². The van der Waals surface area contributed by atoms with Gasteiger partial charge in [-0.1, -0.05) is 33.6 Å². The maximum atomic E-state index is 5.30. The Hall–Kier alpha value is -0.120. The van der Waals surface area contributed by atoms with E-state index in [1.165, 1.54) is 45.2 Å². The predicted octanol–water partition coefficient (Wildman–Crippen LogP) is 3.40. The normalized spacial score (nSPS) is 26.7. The summed E-state index contributed by atoms with van der Waals surface area (Å²) >= 11 is 0. The van der Waals surface area contributed by atoms with Crippen molar-refractivity contribution in [1.29, 1.82) is 0 Å². The van der Waals surface area contributed by atoms with Gasteiger partial charge in [-0.05, 0) is 44.1 Å². The molecule has 3 unspecified atom stereocenters. The van der Waals surface area contributed by atoms with Gasteiger partial charge in [0.15, 0.2) is 0 Å².